The van der Waals surface area contributed by atoms with Crippen LogP contribution in [0.15, 0.2) is 12.2 Å². The molecule has 2 heteroatoms. The first kappa shape index (κ1) is 10.4. The van der Waals surface area contributed by atoms with Gasteiger partial charge in [-0.2, -0.15) is 0 Å². The molecule has 0 aromatic heterocycles. The van der Waals surface area contributed by atoms with Gasteiger partial charge in [0.05, 0.1) is 0 Å². The molecular weight excluding hydrogens is 188 g/mol. The lowest BCUT2D eigenvalue weighted by Crippen LogP contribution is -2.40. The van der Waals surface area contributed by atoms with Gasteiger partial charge in [-0.3, -0.25) is 0 Å². The summed E-state index contributed by atoms with van der Waals surface area (Å²) < 4.78 is 6.11. The minimum absolute atomic E-state index is 0.768. The number of hydrogen-bond donors (Lipinski definition) is 0. The fourth-order valence-corrected chi connectivity index (χ4v) is 6.11. The predicted molar refractivity (Wildman–Crippen MR) is 62.8 cm³/mol. The smallest absolute Gasteiger partial charge is 0.190 e. The molecule has 0 saturated carbocycles. The Morgan fingerprint density at radius 3 is 2.86 bits per heavy atom. The van der Waals surface area contributed by atoms with E-state index in [-0.39, 0.29) is 0 Å². The van der Waals surface area contributed by atoms with E-state index >= 15 is 0 Å². The molecule has 14 heavy (non-hydrogen) atoms. The zero-order chi connectivity index (χ0) is 10.2. The highest BCUT2D eigenvalue weighted by molar-refractivity contribution is 6.72. The van der Waals surface area contributed by atoms with Crippen molar-refractivity contribution < 1.29 is 4.43 Å². The van der Waals surface area contributed by atoms with Crippen LogP contribution >= 0.6 is 0 Å². The summed E-state index contributed by atoms with van der Waals surface area (Å²) in [5.41, 5.74) is 0.866. The van der Waals surface area contributed by atoms with Crippen molar-refractivity contribution >= 4 is 8.32 Å². The van der Waals surface area contributed by atoms with Crippen molar-refractivity contribution in [2.75, 3.05) is 6.61 Å². The fraction of sp³-hybridized carbons (Fsp3) is 0.833. The zero-order valence-corrected chi connectivity index (χ0v) is 10.6. The van der Waals surface area contributed by atoms with Gasteiger partial charge in [-0.1, -0.05) is 19.1 Å². The maximum Gasteiger partial charge on any atom is 0.190 e. The molecule has 0 bridgehead atoms. The minimum atomic E-state index is -1.40. The molecule has 0 aromatic carbocycles. The van der Waals surface area contributed by atoms with Gasteiger partial charge in [-0.15, -0.1) is 0 Å². The first-order chi connectivity index (χ1) is 6.59. The van der Waals surface area contributed by atoms with Crippen molar-refractivity contribution in [3.63, 3.8) is 0 Å². The largest absolute Gasteiger partial charge is 0.417 e. The molecule has 2 aliphatic rings. The first-order valence-corrected chi connectivity index (χ1v) is 8.90. The van der Waals surface area contributed by atoms with E-state index in [1.807, 2.05) is 0 Å². The van der Waals surface area contributed by atoms with Gasteiger partial charge in [0, 0.05) is 6.61 Å². The van der Waals surface area contributed by atoms with E-state index in [9.17, 15) is 0 Å². The molecule has 0 spiro atoms. The fourth-order valence-electron chi connectivity index (χ4n) is 2.98. The second-order valence-corrected chi connectivity index (χ2v) is 9.70. The highest BCUT2D eigenvalue weighted by Crippen LogP contribution is 2.44. The number of allylic oxidation sites excluding steroid dienone is 2. The molecule has 1 saturated heterocycles. The molecule has 0 radical (unpaired) electrons. The SMILES string of the molecule is C[C@@H]1C=C[C@@H]2CCCO[Si](C)(C)C2C1. The maximum absolute atomic E-state index is 6.11. The van der Waals surface area contributed by atoms with Crippen molar-refractivity contribution in [3.05, 3.63) is 12.2 Å². The van der Waals surface area contributed by atoms with Crippen LogP contribution in [0.3, 0.4) is 0 Å². The quantitative estimate of drug-likeness (QED) is 0.438. The number of fused-ring (bicyclic) bond motifs is 1. The van der Waals surface area contributed by atoms with Gasteiger partial charge in [-0.05, 0) is 49.7 Å². The second-order valence-electron chi connectivity index (χ2n) is 5.46. The zero-order valence-electron chi connectivity index (χ0n) is 9.62. The molecule has 0 aromatic rings. The summed E-state index contributed by atoms with van der Waals surface area (Å²) in [6, 6.07) is 0. The van der Waals surface area contributed by atoms with E-state index in [1.54, 1.807) is 0 Å². The molecule has 1 unspecified atom stereocenters. The van der Waals surface area contributed by atoms with E-state index < -0.39 is 8.32 Å². The summed E-state index contributed by atoms with van der Waals surface area (Å²) >= 11 is 0. The lowest BCUT2D eigenvalue weighted by Gasteiger charge is -2.37. The summed E-state index contributed by atoms with van der Waals surface area (Å²) in [6.07, 6.45) is 8.86. The van der Waals surface area contributed by atoms with E-state index in [2.05, 4.69) is 32.2 Å². The van der Waals surface area contributed by atoms with Crippen molar-refractivity contribution in [1.82, 2.24) is 0 Å². The molecule has 80 valence electrons. The van der Waals surface area contributed by atoms with Crippen LogP contribution in [0.2, 0.25) is 18.6 Å². The Morgan fingerprint density at radius 1 is 1.29 bits per heavy atom. The first-order valence-electron chi connectivity index (χ1n) is 5.92. The van der Waals surface area contributed by atoms with Crippen LogP contribution in [0, 0.1) is 11.8 Å². The summed E-state index contributed by atoms with van der Waals surface area (Å²) in [6.45, 7) is 8.15. The summed E-state index contributed by atoms with van der Waals surface area (Å²) in [7, 11) is -1.40. The summed E-state index contributed by atoms with van der Waals surface area (Å²) in [5, 5.41) is 0. The van der Waals surface area contributed by atoms with Gasteiger partial charge in [0.25, 0.3) is 0 Å². The maximum atomic E-state index is 6.11. The minimum Gasteiger partial charge on any atom is -0.417 e. The lowest BCUT2D eigenvalue weighted by molar-refractivity contribution is 0.304. The third-order valence-electron chi connectivity index (χ3n) is 3.88. The van der Waals surface area contributed by atoms with Gasteiger partial charge in [0.1, 0.15) is 0 Å². The van der Waals surface area contributed by atoms with Crippen LogP contribution in [0.5, 0.6) is 0 Å². The molecule has 1 aliphatic heterocycles. The molecule has 0 amide bonds. The van der Waals surface area contributed by atoms with E-state index in [0.29, 0.717) is 0 Å². The average molecular weight is 210 g/mol. The van der Waals surface area contributed by atoms with Crippen LogP contribution in [0.4, 0.5) is 0 Å². The van der Waals surface area contributed by atoms with Gasteiger partial charge in [-0.25, -0.2) is 0 Å². The van der Waals surface area contributed by atoms with Crippen LogP contribution < -0.4 is 0 Å². The Labute approximate surface area is 88.7 Å². The highest BCUT2D eigenvalue weighted by atomic mass is 28.4. The Morgan fingerprint density at radius 2 is 2.07 bits per heavy atom. The molecule has 1 aliphatic carbocycles. The Kier molecular flexibility index (Phi) is 2.85. The van der Waals surface area contributed by atoms with Crippen molar-refractivity contribution in [1.29, 1.82) is 0 Å². The van der Waals surface area contributed by atoms with Gasteiger partial charge >= 0.3 is 0 Å². The van der Waals surface area contributed by atoms with Crippen molar-refractivity contribution in [3.8, 4) is 0 Å². The number of rotatable bonds is 0. The monoisotopic (exact) mass is 210 g/mol. The second kappa shape index (κ2) is 3.82. The van der Waals surface area contributed by atoms with E-state index in [1.165, 1.54) is 19.3 Å². The van der Waals surface area contributed by atoms with E-state index in [0.717, 1.165) is 24.0 Å². The molecule has 3 atom stereocenters. The van der Waals surface area contributed by atoms with E-state index in [4.69, 9.17) is 4.43 Å². The molecule has 1 heterocycles. The Hall–Kier alpha value is -0.0831. The van der Waals surface area contributed by atoms with Crippen molar-refractivity contribution in [2.45, 2.75) is 44.8 Å². The third kappa shape index (κ3) is 1.96. The highest BCUT2D eigenvalue weighted by Gasteiger charge is 2.41. The summed E-state index contributed by atoms with van der Waals surface area (Å²) in [4.78, 5) is 0. The van der Waals surface area contributed by atoms with Crippen molar-refractivity contribution in [2.24, 2.45) is 11.8 Å². The normalized spacial score (nSPS) is 41.5. The Balaban J connectivity index is 2.21. The summed E-state index contributed by atoms with van der Waals surface area (Å²) in [5.74, 6) is 1.60. The molecule has 1 nitrogen and oxygen atoms in total. The molecule has 0 N–H and O–H groups in total. The topological polar surface area (TPSA) is 9.23 Å². The standard InChI is InChI=1S/C12H22OSi/c1-10-6-7-11-5-4-8-13-14(2,3)12(11)9-10/h6-7,10-12H,4-5,8-9H2,1-3H3/t10-,11+,12?/m1/s1. The molecular formula is C12H22OSi. The van der Waals surface area contributed by atoms with Gasteiger partial charge < -0.3 is 4.43 Å². The predicted octanol–water partition coefficient (Wildman–Crippen LogP) is 3.58. The van der Waals surface area contributed by atoms with Crippen LogP contribution in [-0.4, -0.2) is 14.9 Å². The van der Waals surface area contributed by atoms with Gasteiger partial charge in [0.15, 0.2) is 8.32 Å². The number of hydrogen-bond acceptors (Lipinski definition) is 1. The molecule has 2 rings (SSSR count). The molecule has 1 fully saturated rings. The van der Waals surface area contributed by atoms with Crippen LogP contribution in [0.1, 0.15) is 26.2 Å². The lowest BCUT2D eigenvalue weighted by atomic mass is 9.86. The van der Waals surface area contributed by atoms with Crippen LogP contribution in [0.25, 0.3) is 0 Å². The third-order valence-corrected chi connectivity index (χ3v) is 7.28. The Bertz CT molecular complexity index is 234. The van der Waals surface area contributed by atoms with Gasteiger partial charge in [0.2, 0.25) is 0 Å². The average Bonchev–Trinajstić information content (AvgIpc) is 2.26. The van der Waals surface area contributed by atoms with Crippen LogP contribution in [-0.2, 0) is 4.43 Å².